The van der Waals surface area contributed by atoms with Crippen LogP contribution in [0.3, 0.4) is 0 Å². The van der Waals surface area contributed by atoms with Crippen LogP contribution in [0.15, 0.2) is 41.0 Å². The van der Waals surface area contributed by atoms with E-state index in [0.717, 1.165) is 0 Å². The average molecular weight is 352 g/mol. The Hall–Kier alpha value is -1.72. The van der Waals surface area contributed by atoms with E-state index in [1.807, 2.05) is 0 Å². The van der Waals surface area contributed by atoms with Gasteiger partial charge in [0, 0.05) is 16.2 Å². The lowest BCUT2D eigenvalue weighted by Crippen LogP contribution is -2.29. The molecule has 4 nitrogen and oxygen atoms in total. The number of pyridine rings is 1. The van der Waals surface area contributed by atoms with Crippen LogP contribution in [0.2, 0.25) is 5.15 Å². The summed E-state index contributed by atoms with van der Waals surface area (Å²) in [5.74, 6) is -1.06. The standard InChI is InChI=1S/C14H8BrClN2O2/c15-9-4-1-5-10-11(9)12(19)14(20)18(10)7-8-3-2-6-17-13(8)16/h1-6H,7H2. The van der Waals surface area contributed by atoms with Crippen molar-refractivity contribution in [3.8, 4) is 0 Å². The first-order valence-corrected chi connectivity index (χ1v) is 7.01. The molecule has 1 aliphatic rings. The second kappa shape index (κ2) is 5.00. The zero-order chi connectivity index (χ0) is 14.3. The third-order valence-electron chi connectivity index (χ3n) is 3.11. The van der Waals surface area contributed by atoms with Gasteiger partial charge in [-0.3, -0.25) is 9.59 Å². The molecule has 0 saturated carbocycles. The number of carbonyl (C=O) groups excluding carboxylic acids is 2. The highest BCUT2D eigenvalue weighted by Crippen LogP contribution is 2.35. The van der Waals surface area contributed by atoms with Crippen molar-refractivity contribution < 1.29 is 9.59 Å². The van der Waals surface area contributed by atoms with E-state index >= 15 is 0 Å². The molecule has 0 aliphatic carbocycles. The number of fused-ring (bicyclic) bond motifs is 1. The number of benzene rings is 1. The van der Waals surface area contributed by atoms with Gasteiger partial charge in [-0.2, -0.15) is 0 Å². The quantitative estimate of drug-likeness (QED) is 0.616. The summed E-state index contributed by atoms with van der Waals surface area (Å²) < 4.78 is 0.619. The van der Waals surface area contributed by atoms with Crippen molar-refractivity contribution in [2.24, 2.45) is 0 Å². The number of anilines is 1. The maximum absolute atomic E-state index is 12.1. The monoisotopic (exact) mass is 350 g/mol. The third-order valence-corrected chi connectivity index (χ3v) is 4.11. The van der Waals surface area contributed by atoms with Gasteiger partial charge >= 0.3 is 0 Å². The molecule has 3 rings (SSSR count). The van der Waals surface area contributed by atoms with Crippen molar-refractivity contribution in [1.82, 2.24) is 4.98 Å². The number of hydrogen-bond acceptors (Lipinski definition) is 3. The van der Waals surface area contributed by atoms with Crippen molar-refractivity contribution in [3.63, 3.8) is 0 Å². The second-order valence-electron chi connectivity index (χ2n) is 4.31. The molecule has 0 N–H and O–H groups in total. The SMILES string of the molecule is O=C1C(=O)N(Cc2cccnc2Cl)c2cccc(Br)c21. The molecule has 100 valence electrons. The Morgan fingerprint density at radius 3 is 2.75 bits per heavy atom. The van der Waals surface area contributed by atoms with Crippen LogP contribution in [-0.2, 0) is 11.3 Å². The van der Waals surface area contributed by atoms with Gasteiger partial charge in [0.1, 0.15) is 5.15 Å². The predicted molar refractivity (Wildman–Crippen MR) is 78.9 cm³/mol. The van der Waals surface area contributed by atoms with Crippen molar-refractivity contribution >= 4 is 44.9 Å². The van der Waals surface area contributed by atoms with Crippen molar-refractivity contribution in [2.75, 3.05) is 4.90 Å². The minimum Gasteiger partial charge on any atom is -0.300 e. The van der Waals surface area contributed by atoms with E-state index in [1.54, 1.807) is 36.5 Å². The Bertz CT molecular complexity index is 733. The van der Waals surface area contributed by atoms with Crippen LogP contribution in [-0.4, -0.2) is 16.7 Å². The highest BCUT2D eigenvalue weighted by molar-refractivity contribution is 9.10. The molecule has 0 fully saturated rings. The molecule has 0 unspecified atom stereocenters. The van der Waals surface area contributed by atoms with Crippen molar-refractivity contribution in [2.45, 2.75) is 6.54 Å². The van der Waals surface area contributed by atoms with Gasteiger partial charge in [-0.15, -0.1) is 0 Å². The molecule has 0 atom stereocenters. The number of amides is 1. The smallest absolute Gasteiger partial charge is 0.299 e. The zero-order valence-electron chi connectivity index (χ0n) is 10.1. The molecule has 0 radical (unpaired) electrons. The van der Waals surface area contributed by atoms with Gasteiger partial charge in [0.15, 0.2) is 0 Å². The van der Waals surface area contributed by atoms with Crippen LogP contribution in [0.4, 0.5) is 5.69 Å². The fraction of sp³-hybridized carbons (Fsp3) is 0.0714. The fourth-order valence-electron chi connectivity index (χ4n) is 2.17. The van der Waals surface area contributed by atoms with Gasteiger partial charge in [0.2, 0.25) is 0 Å². The van der Waals surface area contributed by atoms with E-state index in [1.165, 1.54) is 4.90 Å². The van der Waals surface area contributed by atoms with Crippen LogP contribution in [0, 0.1) is 0 Å². The highest BCUT2D eigenvalue weighted by Gasteiger charge is 2.37. The third kappa shape index (κ3) is 2.03. The van der Waals surface area contributed by atoms with E-state index in [2.05, 4.69) is 20.9 Å². The Labute approximate surface area is 128 Å². The van der Waals surface area contributed by atoms with E-state index in [0.29, 0.717) is 26.4 Å². The predicted octanol–water partition coefficient (Wildman–Crippen LogP) is 3.23. The van der Waals surface area contributed by atoms with Crippen LogP contribution in [0.5, 0.6) is 0 Å². The maximum atomic E-state index is 12.1. The normalized spacial score (nSPS) is 13.8. The molecule has 6 heteroatoms. The summed E-state index contributed by atoms with van der Waals surface area (Å²) in [7, 11) is 0. The lowest BCUT2D eigenvalue weighted by Gasteiger charge is -2.17. The summed E-state index contributed by atoms with van der Waals surface area (Å²) in [6.07, 6.45) is 1.58. The van der Waals surface area contributed by atoms with Gasteiger partial charge in [0.05, 0.1) is 17.8 Å². The molecule has 0 bridgehead atoms. The Morgan fingerprint density at radius 2 is 2.00 bits per heavy atom. The van der Waals surface area contributed by atoms with Gasteiger partial charge in [-0.25, -0.2) is 4.98 Å². The molecule has 1 aromatic carbocycles. The molecule has 0 spiro atoms. The summed E-state index contributed by atoms with van der Waals surface area (Å²) in [4.78, 5) is 29.5. The molecule has 2 heterocycles. The van der Waals surface area contributed by atoms with Gasteiger partial charge in [-0.05, 0) is 34.1 Å². The van der Waals surface area contributed by atoms with Crippen molar-refractivity contribution in [1.29, 1.82) is 0 Å². The second-order valence-corrected chi connectivity index (χ2v) is 5.52. The van der Waals surface area contributed by atoms with Crippen LogP contribution < -0.4 is 4.90 Å². The number of carbonyl (C=O) groups is 2. The van der Waals surface area contributed by atoms with Crippen LogP contribution in [0.25, 0.3) is 0 Å². The topological polar surface area (TPSA) is 50.3 Å². The van der Waals surface area contributed by atoms with Crippen molar-refractivity contribution in [3.05, 3.63) is 57.3 Å². The van der Waals surface area contributed by atoms with E-state index in [-0.39, 0.29) is 6.54 Å². The van der Waals surface area contributed by atoms with Crippen LogP contribution in [0.1, 0.15) is 15.9 Å². The first kappa shape index (κ1) is 13.3. The lowest BCUT2D eigenvalue weighted by molar-refractivity contribution is -0.114. The Morgan fingerprint density at radius 1 is 1.20 bits per heavy atom. The minimum atomic E-state index is -0.549. The molecule has 0 saturated heterocycles. The molecular weight excluding hydrogens is 344 g/mol. The first-order valence-electron chi connectivity index (χ1n) is 5.83. The zero-order valence-corrected chi connectivity index (χ0v) is 12.5. The van der Waals surface area contributed by atoms with Gasteiger partial charge in [0.25, 0.3) is 11.7 Å². The molecule has 1 aromatic heterocycles. The number of nitrogens with zero attached hydrogens (tertiary/aromatic N) is 2. The number of rotatable bonds is 2. The van der Waals surface area contributed by atoms with E-state index < -0.39 is 11.7 Å². The van der Waals surface area contributed by atoms with E-state index in [9.17, 15) is 9.59 Å². The molecule has 20 heavy (non-hydrogen) atoms. The number of halogens is 2. The molecule has 1 aliphatic heterocycles. The molecule has 2 aromatic rings. The molecular formula is C14H8BrClN2O2. The summed E-state index contributed by atoms with van der Waals surface area (Å²) in [5, 5.41) is 0.330. The number of ketones is 1. The average Bonchev–Trinajstić information content (AvgIpc) is 2.67. The first-order chi connectivity index (χ1) is 9.59. The number of Topliss-reactive ketones (excluding diaryl/α,β-unsaturated/α-hetero) is 1. The number of aromatic nitrogens is 1. The van der Waals surface area contributed by atoms with Crippen LogP contribution >= 0.6 is 27.5 Å². The maximum Gasteiger partial charge on any atom is 0.299 e. The summed E-state index contributed by atoms with van der Waals surface area (Å²) in [6, 6.07) is 8.79. The fourth-order valence-corrected chi connectivity index (χ4v) is 2.88. The lowest BCUT2D eigenvalue weighted by atomic mass is 10.1. The van der Waals surface area contributed by atoms with E-state index in [4.69, 9.17) is 11.6 Å². The summed E-state index contributed by atoms with van der Waals surface area (Å²) in [6.45, 7) is 0.223. The largest absolute Gasteiger partial charge is 0.300 e. The summed E-state index contributed by atoms with van der Waals surface area (Å²) >= 11 is 9.31. The van der Waals surface area contributed by atoms with Gasteiger partial charge in [-0.1, -0.05) is 23.7 Å². The van der Waals surface area contributed by atoms with Gasteiger partial charge < -0.3 is 4.90 Å². The summed E-state index contributed by atoms with van der Waals surface area (Å²) in [5.41, 5.74) is 1.69. The number of hydrogen-bond donors (Lipinski definition) is 0. The highest BCUT2D eigenvalue weighted by atomic mass is 79.9. The Balaban J connectivity index is 2.04. The molecule has 1 amide bonds. The Kier molecular flexibility index (Phi) is 3.31. The minimum absolute atomic E-state index is 0.223.